The number of aryl methyl sites for hydroxylation is 2. The van der Waals surface area contributed by atoms with Crippen LogP contribution in [0, 0.1) is 13.8 Å². The molecule has 2 amide bonds. The topological polar surface area (TPSA) is 108 Å². The van der Waals surface area contributed by atoms with E-state index in [-0.39, 0.29) is 16.1 Å². The number of anilines is 2. The molecule has 0 aromatic heterocycles. The van der Waals surface area contributed by atoms with Crippen LogP contribution in [0.2, 0.25) is 0 Å². The maximum Gasteiger partial charge on any atom is 0.271 e. The number of hydrogen-bond acceptors (Lipinski definition) is 5. The third kappa shape index (κ3) is 5.69. The van der Waals surface area contributed by atoms with Crippen molar-refractivity contribution in [1.82, 2.24) is 10.9 Å². The molecule has 0 aliphatic carbocycles. The van der Waals surface area contributed by atoms with Gasteiger partial charge in [0.05, 0.1) is 16.1 Å². The summed E-state index contributed by atoms with van der Waals surface area (Å²) < 4.78 is 28.4. The van der Waals surface area contributed by atoms with Gasteiger partial charge in [-0.05, 0) is 61.4 Å². The van der Waals surface area contributed by atoms with Crippen LogP contribution >= 0.6 is 0 Å². The lowest BCUT2D eigenvalue weighted by atomic mass is 10.1. The molecule has 3 aromatic carbocycles. The van der Waals surface area contributed by atoms with Crippen LogP contribution in [-0.4, -0.2) is 34.3 Å². The summed E-state index contributed by atoms with van der Waals surface area (Å²) in [6, 6.07) is 18.2. The zero-order valence-electron chi connectivity index (χ0n) is 18.8. The second-order valence-electron chi connectivity index (χ2n) is 7.77. The highest BCUT2D eigenvalue weighted by molar-refractivity contribution is 7.92. The van der Waals surface area contributed by atoms with Crippen molar-refractivity contribution in [3.63, 3.8) is 0 Å². The molecule has 0 radical (unpaired) electrons. The lowest BCUT2D eigenvalue weighted by molar-refractivity contribution is 0.0847. The van der Waals surface area contributed by atoms with E-state index in [4.69, 9.17) is 0 Å². The van der Waals surface area contributed by atoms with Gasteiger partial charge in [0.15, 0.2) is 0 Å². The molecule has 0 saturated carbocycles. The predicted octanol–water partition coefficient (Wildman–Crippen LogP) is 3.25. The summed E-state index contributed by atoms with van der Waals surface area (Å²) in [6.45, 7) is 3.50. The maximum atomic E-state index is 13.0. The highest BCUT2D eigenvalue weighted by Crippen LogP contribution is 2.23. The molecule has 172 valence electrons. The van der Waals surface area contributed by atoms with Crippen LogP contribution in [0.25, 0.3) is 0 Å². The molecule has 0 unspecified atom stereocenters. The van der Waals surface area contributed by atoms with E-state index in [1.165, 1.54) is 12.1 Å². The lowest BCUT2D eigenvalue weighted by Gasteiger charge is -2.15. The minimum absolute atomic E-state index is 0.0636. The standard InChI is InChI=1S/C24H26N4O4S/c1-16-12-13-17(2)22(14-16)33(31,32)27-21-11-6-5-10-20(21)24(30)26-25-23(29)18-8-7-9-19(15-18)28(3)4/h5-15,27H,1-4H3,(H,25,29)(H,26,30). The summed E-state index contributed by atoms with van der Waals surface area (Å²) in [5.41, 5.74) is 7.46. The van der Waals surface area contributed by atoms with Crippen LogP contribution in [0.1, 0.15) is 31.8 Å². The van der Waals surface area contributed by atoms with Crippen molar-refractivity contribution in [2.45, 2.75) is 18.7 Å². The molecule has 8 nitrogen and oxygen atoms in total. The second kappa shape index (κ2) is 9.74. The molecule has 0 saturated heterocycles. The van der Waals surface area contributed by atoms with Crippen LogP contribution in [-0.2, 0) is 10.0 Å². The molecule has 3 N–H and O–H groups in total. The van der Waals surface area contributed by atoms with E-state index >= 15 is 0 Å². The number of sulfonamides is 1. The molecule has 0 aliphatic heterocycles. The number of nitrogens with zero attached hydrogens (tertiary/aromatic N) is 1. The van der Waals surface area contributed by atoms with Crippen LogP contribution in [0.3, 0.4) is 0 Å². The summed E-state index contributed by atoms with van der Waals surface area (Å²) in [7, 11) is -0.219. The van der Waals surface area contributed by atoms with Crippen LogP contribution in [0.5, 0.6) is 0 Å². The van der Waals surface area contributed by atoms with Gasteiger partial charge in [0.25, 0.3) is 21.8 Å². The second-order valence-corrected chi connectivity index (χ2v) is 9.42. The Morgan fingerprint density at radius 1 is 0.818 bits per heavy atom. The molecule has 0 heterocycles. The van der Waals surface area contributed by atoms with E-state index < -0.39 is 21.8 Å². The van der Waals surface area contributed by atoms with Crippen molar-refractivity contribution in [3.05, 3.63) is 89.0 Å². The van der Waals surface area contributed by atoms with Gasteiger partial charge in [0.1, 0.15) is 0 Å². The molecule has 3 rings (SSSR count). The Kier molecular flexibility index (Phi) is 7.03. The molecule has 33 heavy (non-hydrogen) atoms. The SMILES string of the molecule is Cc1ccc(C)c(S(=O)(=O)Nc2ccccc2C(=O)NNC(=O)c2cccc(N(C)C)c2)c1. The quantitative estimate of drug-likeness (QED) is 0.484. The van der Waals surface area contributed by atoms with Crippen molar-refractivity contribution in [2.75, 3.05) is 23.7 Å². The van der Waals surface area contributed by atoms with E-state index in [9.17, 15) is 18.0 Å². The van der Waals surface area contributed by atoms with Gasteiger partial charge in [-0.2, -0.15) is 0 Å². The minimum atomic E-state index is -3.93. The summed E-state index contributed by atoms with van der Waals surface area (Å²) in [5.74, 6) is -1.16. The highest BCUT2D eigenvalue weighted by Gasteiger charge is 2.21. The van der Waals surface area contributed by atoms with Gasteiger partial charge < -0.3 is 4.90 Å². The summed E-state index contributed by atoms with van der Waals surface area (Å²) in [5, 5.41) is 0. The number of amides is 2. The summed E-state index contributed by atoms with van der Waals surface area (Å²) in [4.78, 5) is 27.2. The summed E-state index contributed by atoms with van der Waals surface area (Å²) >= 11 is 0. The molecule has 0 fully saturated rings. The molecule has 0 aliphatic rings. The Balaban J connectivity index is 1.77. The molecular weight excluding hydrogens is 440 g/mol. The summed E-state index contributed by atoms with van der Waals surface area (Å²) in [6.07, 6.45) is 0. The maximum absolute atomic E-state index is 13.0. The third-order valence-electron chi connectivity index (χ3n) is 4.96. The fourth-order valence-corrected chi connectivity index (χ4v) is 4.56. The van der Waals surface area contributed by atoms with Crippen LogP contribution < -0.4 is 20.5 Å². The van der Waals surface area contributed by atoms with E-state index in [1.54, 1.807) is 56.3 Å². The predicted molar refractivity (Wildman–Crippen MR) is 129 cm³/mol. The van der Waals surface area contributed by atoms with Crippen molar-refractivity contribution >= 4 is 33.2 Å². The number of carbonyl (C=O) groups is 2. The molecule has 0 atom stereocenters. The Morgan fingerprint density at radius 3 is 2.24 bits per heavy atom. The van der Waals surface area contributed by atoms with E-state index in [2.05, 4.69) is 15.6 Å². The first-order valence-electron chi connectivity index (χ1n) is 10.2. The third-order valence-corrected chi connectivity index (χ3v) is 6.47. The minimum Gasteiger partial charge on any atom is -0.378 e. The number of hydrogen-bond donors (Lipinski definition) is 3. The number of carbonyl (C=O) groups excluding carboxylic acids is 2. The van der Waals surface area contributed by atoms with Gasteiger partial charge in [-0.1, -0.05) is 30.3 Å². The Labute approximate surface area is 193 Å². The normalized spacial score (nSPS) is 10.9. The van der Waals surface area contributed by atoms with E-state index in [0.29, 0.717) is 11.1 Å². The number of rotatable bonds is 6. The largest absolute Gasteiger partial charge is 0.378 e. The van der Waals surface area contributed by atoms with Crippen LogP contribution in [0.4, 0.5) is 11.4 Å². The van der Waals surface area contributed by atoms with Gasteiger partial charge >= 0.3 is 0 Å². The fraction of sp³-hybridized carbons (Fsp3) is 0.167. The fourth-order valence-electron chi connectivity index (χ4n) is 3.15. The number of benzene rings is 3. The number of hydrazine groups is 1. The van der Waals surface area contributed by atoms with Crippen LogP contribution in [0.15, 0.2) is 71.6 Å². The molecule has 9 heteroatoms. The van der Waals surface area contributed by atoms with Crippen molar-refractivity contribution in [2.24, 2.45) is 0 Å². The highest BCUT2D eigenvalue weighted by atomic mass is 32.2. The Morgan fingerprint density at radius 2 is 1.52 bits per heavy atom. The monoisotopic (exact) mass is 466 g/mol. The smallest absolute Gasteiger partial charge is 0.271 e. The first-order chi connectivity index (χ1) is 15.6. The van der Waals surface area contributed by atoms with Gasteiger partial charge in [-0.25, -0.2) is 8.42 Å². The Hall–Kier alpha value is -3.85. The van der Waals surface area contributed by atoms with Gasteiger partial charge in [0, 0.05) is 25.3 Å². The Bertz CT molecular complexity index is 1300. The van der Waals surface area contributed by atoms with Gasteiger partial charge in [-0.3, -0.25) is 25.2 Å². The first kappa shape index (κ1) is 23.8. The van der Waals surface area contributed by atoms with Crippen molar-refractivity contribution in [1.29, 1.82) is 0 Å². The van der Waals surface area contributed by atoms with E-state index in [0.717, 1.165) is 11.3 Å². The van der Waals surface area contributed by atoms with Gasteiger partial charge in [0.2, 0.25) is 0 Å². The molecular formula is C24H26N4O4S. The lowest BCUT2D eigenvalue weighted by Crippen LogP contribution is -2.42. The number of nitrogens with one attached hydrogen (secondary N) is 3. The number of para-hydroxylation sites is 1. The van der Waals surface area contributed by atoms with Crippen molar-refractivity contribution < 1.29 is 18.0 Å². The van der Waals surface area contributed by atoms with E-state index in [1.807, 2.05) is 31.1 Å². The average molecular weight is 467 g/mol. The molecule has 0 bridgehead atoms. The zero-order chi connectivity index (χ0) is 24.2. The van der Waals surface area contributed by atoms with Gasteiger partial charge in [-0.15, -0.1) is 0 Å². The average Bonchev–Trinajstić information content (AvgIpc) is 2.79. The molecule has 0 spiro atoms. The first-order valence-corrected chi connectivity index (χ1v) is 11.6. The zero-order valence-corrected chi connectivity index (χ0v) is 19.7. The molecule has 3 aromatic rings. The van der Waals surface area contributed by atoms with Crippen molar-refractivity contribution in [3.8, 4) is 0 Å².